The number of methoxy groups -OCH3 is 1. The van der Waals surface area contributed by atoms with E-state index in [0.717, 1.165) is 35.7 Å². The molecule has 2 aromatic rings. The molecular formula is C19H23N3O3. The van der Waals surface area contributed by atoms with E-state index in [4.69, 9.17) is 9.47 Å². The van der Waals surface area contributed by atoms with Crippen molar-refractivity contribution in [2.24, 2.45) is 5.92 Å². The van der Waals surface area contributed by atoms with E-state index in [2.05, 4.69) is 15.6 Å². The number of anilines is 1. The Morgan fingerprint density at radius 2 is 2.28 bits per heavy atom. The highest BCUT2D eigenvalue weighted by Gasteiger charge is 2.25. The quantitative estimate of drug-likeness (QED) is 0.756. The van der Waals surface area contributed by atoms with Crippen LogP contribution in [0.15, 0.2) is 42.7 Å². The van der Waals surface area contributed by atoms with Crippen LogP contribution in [0.4, 0.5) is 5.69 Å². The highest BCUT2D eigenvalue weighted by molar-refractivity contribution is 5.79. The summed E-state index contributed by atoms with van der Waals surface area (Å²) < 4.78 is 10.9. The standard InChI is InChI=1S/C19H23N3O3/c1-24-17-6-5-14-10-15(13-25-18(14)11-17)19(23)22-9-3-8-21-16-4-2-7-20-12-16/h2,4-7,11-12,15,21H,3,8-10,13H2,1H3,(H,22,23)/t15-/m1/s1. The Kier molecular flexibility index (Phi) is 5.72. The fourth-order valence-corrected chi connectivity index (χ4v) is 2.79. The number of nitrogens with zero attached hydrogens (tertiary/aromatic N) is 1. The van der Waals surface area contributed by atoms with E-state index in [1.807, 2.05) is 30.3 Å². The molecule has 0 aliphatic carbocycles. The van der Waals surface area contributed by atoms with Crippen molar-refractivity contribution in [2.45, 2.75) is 12.8 Å². The van der Waals surface area contributed by atoms with Crippen molar-refractivity contribution >= 4 is 11.6 Å². The lowest BCUT2D eigenvalue weighted by Gasteiger charge is -2.25. The van der Waals surface area contributed by atoms with Crippen LogP contribution < -0.4 is 20.1 Å². The van der Waals surface area contributed by atoms with Gasteiger partial charge in [-0.3, -0.25) is 9.78 Å². The average molecular weight is 341 g/mol. The van der Waals surface area contributed by atoms with E-state index in [9.17, 15) is 4.79 Å². The van der Waals surface area contributed by atoms with Gasteiger partial charge in [-0.15, -0.1) is 0 Å². The van der Waals surface area contributed by atoms with Gasteiger partial charge in [-0.25, -0.2) is 0 Å². The Morgan fingerprint density at radius 1 is 1.36 bits per heavy atom. The Balaban J connectivity index is 1.40. The van der Waals surface area contributed by atoms with Gasteiger partial charge in [0.1, 0.15) is 18.1 Å². The molecule has 1 aromatic heterocycles. The zero-order chi connectivity index (χ0) is 17.5. The summed E-state index contributed by atoms with van der Waals surface area (Å²) in [6.45, 7) is 1.83. The van der Waals surface area contributed by atoms with E-state index >= 15 is 0 Å². The minimum atomic E-state index is -0.146. The Hall–Kier alpha value is -2.76. The number of aromatic nitrogens is 1. The van der Waals surface area contributed by atoms with Crippen molar-refractivity contribution in [3.05, 3.63) is 48.3 Å². The molecule has 2 N–H and O–H groups in total. The van der Waals surface area contributed by atoms with Crippen molar-refractivity contribution < 1.29 is 14.3 Å². The van der Waals surface area contributed by atoms with Crippen LogP contribution in [0.5, 0.6) is 11.5 Å². The van der Waals surface area contributed by atoms with Gasteiger partial charge in [-0.05, 0) is 36.6 Å². The minimum Gasteiger partial charge on any atom is -0.497 e. The third-order valence-electron chi connectivity index (χ3n) is 4.19. The number of fused-ring (bicyclic) bond motifs is 1. The fourth-order valence-electron chi connectivity index (χ4n) is 2.79. The second-order valence-corrected chi connectivity index (χ2v) is 6.00. The smallest absolute Gasteiger partial charge is 0.226 e. The summed E-state index contributed by atoms with van der Waals surface area (Å²) in [6, 6.07) is 9.59. The number of rotatable bonds is 7. The summed E-state index contributed by atoms with van der Waals surface area (Å²) >= 11 is 0. The second kappa shape index (κ2) is 8.37. The first-order valence-electron chi connectivity index (χ1n) is 8.47. The number of pyridine rings is 1. The average Bonchev–Trinajstić information content (AvgIpc) is 2.67. The molecule has 6 nitrogen and oxygen atoms in total. The Bertz CT molecular complexity index is 706. The largest absolute Gasteiger partial charge is 0.497 e. The Morgan fingerprint density at radius 3 is 3.08 bits per heavy atom. The third-order valence-corrected chi connectivity index (χ3v) is 4.19. The molecule has 1 atom stereocenters. The highest BCUT2D eigenvalue weighted by Crippen LogP contribution is 2.30. The van der Waals surface area contributed by atoms with Gasteiger partial charge in [0.15, 0.2) is 0 Å². The zero-order valence-corrected chi connectivity index (χ0v) is 14.3. The number of amides is 1. The van der Waals surface area contributed by atoms with Crippen molar-refractivity contribution in [2.75, 3.05) is 32.1 Å². The van der Waals surface area contributed by atoms with Crippen LogP contribution in [0.25, 0.3) is 0 Å². The van der Waals surface area contributed by atoms with E-state index < -0.39 is 0 Å². The molecule has 1 aliphatic heterocycles. The predicted octanol–water partition coefficient (Wildman–Crippen LogP) is 2.26. The van der Waals surface area contributed by atoms with E-state index in [0.29, 0.717) is 19.6 Å². The second-order valence-electron chi connectivity index (χ2n) is 6.00. The van der Waals surface area contributed by atoms with Crippen molar-refractivity contribution in [3.8, 4) is 11.5 Å². The lowest BCUT2D eigenvalue weighted by atomic mass is 9.96. The number of carbonyl (C=O) groups excluding carboxylic acids is 1. The van der Waals surface area contributed by atoms with Crippen LogP contribution in [0, 0.1) is 5.92 Å². The van der Waals surface area contributed by atoms with Crippen molar-refractivity contribution in [1.29, 1.82) is 0 Å². The molecule has 0 radical (unpaired) electrons. The van der Waals surface area contributed by atoms with Crippen molar-refractivity contribution in [1.82, 2.24) is 10.3 Å². The number of ether oxygens (including phenoxy) is 2. The van der Waals surface area contributed by atoms with E-state index in [1.54, 1.807) is 19.5 Å². The van der Waals surface area contributed by atoms with Crippen LogP contribution in [-0.4, -0.2) is 37.7 Å². The minimum absolute atomic E-state index is 0.0443. The van der Waals surface area contributed by atoms with Crippen LogP contribution in [0.3, 0.4) is 0 Å². The summed E-state index contributed by atoms with van der Waals surface area (Å²) in [5, 5.41) is 6.26. The maximum Gasteiger partial charge on any atom is 0.226 e. The highest BCUT2D eigenvalue weighted by atomic mass is 16.5. The first-order valence-corrected chi connectivity index (χ1v) is 8.47. The zero-order valence-electron chi connectivity index (χ0n) is 14.3. The van der Waals surface area contributed by atoms with Crippen LogP contribution in [0.1, 0.15) is 12.0 Å². The summed E-state index contributed by atoms with van der Waals surface area (Å²) in [6.07, 6.45) is 5.07. The van der Waals surface area contributed by atoms with Gasteiger partial charge in [-0.1, -0.05) is 6.07 Å². The van der Waals surface area contributed by atoms with Gasteiger partial charge in [-0.2, -0.15) is 0 Å². The monoisotopic (exact) mass is 341 g/mol. The van der Waals surface area contributed by atoms with Gasteiger partial charge < -0.3 is 20.1 Å². The molecule has 0 bridgehead atoms. The molecule has 0 unspecified atom stereocenters. The molecule has 1 amide bonds. The van der Waals surface area contributed by atoms with Gasteiger partial charge in [0.25, 0.3) is 0 Å². The molecule has 1 aliphatic rings. The fraction of sp³-hybridized carbons (Fsp3) is 0.368. The van der Waals surface area contributed by atoms with E-state index in [1.165, 1.54) is 0 Å². The maximum absolute atomic E-state index is 12.3. The molecule has 0 saturated heterocycles. The van der Waals surface area contributed by atoms with Crippen molar-refractivity contribution in [3.63, 3.8) is 0 Å². The molecule has 2 heterocycles. The maximum atomic E-state index is 12.3. The molecule has 132 valence electrons. The summed E-state index contributed by atoms with van der Waals surface area (Å²) in [5.74, 6) is 1.47. The topological polar surface area (TPSA) is 72.5 Å². The Labute approximate surface area is 147 Å². The summed E-state index contributed by atoms with van der Waals surface area (Å²) in [4.78, 5) is 16.4. The molecule has 6 heteroatoms. The first-order chi connectivity index (χ1) is 12.3. The molecule has 0 fully saturated rings. The predicted molar refractivity (Wildman–Crippen MR) is 96.0 cm³/mol. The van der Waals surface area contributed by atoms with Crippen LogP contribution in [-0.2, 0) is 11.2 Å². The number of hydrogen-bond donors (Lipinski definition) is 2. The van der Waals surface area contributed by atoms with E-state index in [-0.39, 0.29) is 11.8 Å². The van der Waals surface area contributed by atoms with Gasteiger partial charge in [0.05, 0.1) is 18.7 Å². The van der Waals surface area contributed by atoms with Gasteiger partial charge in [0, 0.05) is 31.5 Å². The number of hydrogen-bond acceptors (Lipinski definition) is 5. The number of nitrogens with one attached hydrogen (secondary N) is 2. The number of benzene rings is 1. The summed E-state index contributed by atoms with van der Waals surface area (Å²) in [5.41, 5.74) is 2.03. The molecule has 3 rings (SSSR count). The third kappa shape index (κ3) is 4.62. The lowest BCUT2D eigenvalue weighted by Crippen LogP contribution is -2.38. The summed E-state index contributed by atoms with van der Waals surface area (Å²) in [7, 11) is 1.63. The lowest BCUT2D eigenvalue weighted by molar-refractivity contribution is -0.126. The molecular weight excluding hydrogens is 318 g/mol. The molecule has 1 aromatic carbocycles. The molecule has 25 heavy (non-hydrogen) atoms. The SMILES string of the molecule is COc1ccc2c(c1)OC[C@H](C(=O)NCCCNc1cccnc1)C2. The number of carbonyl (C=O) groups is 1. The van der Waals surface area contributed by atoms with Crippen LogP contribution >= 0.6 is 0 Å². The van der Waals surface area contributed by atoms with Crippen LogP contribution in [0.2, 0.25) is 0 Å². The van der Waals surface area contributed by atoms with Gasteiger partial charge in [0.2, 0.25) is 5.91 Å². The first kappa shape index (κ1) is 17.1. The van der Waals surface area contributed by atoms with Gasteiger partial charge >= 0.3 is 0 Å². The molecule has 0 spiro atoms. The normalized spacial score (nSPS) is 15.6. The molecule has 0 saturated carbocycles.